The van der Waals surface area contributed by atoms with Crippen LogP contribution in [0.15, 0.2) is 59.8 Å². The average molecular weight is 413 g/mol. The Kier molecular flexibility index (Phi) is 7.04. The number of amides is 1. The van der Waals surface area contributed by atoms with Crippen LogP contribution in [0.1, 0.15) is 32.2 Å². The number of hydrogen-bond acceptors (Lipinski definition) is 4. The van der Waals surface area contributed by atoms with Gasteiger partial charge in [0.25, 0.3) is 0 Å². The molecule has 1 atom stereocenters. The number of carbonyl (C=O) groups excluding carboxylic acids is 1. The van der Waals surface area contributed by atoms with Crippen molar-refractivity contribution in [1.29, 1.82) is 0 Å². The number of aromatic nitrogens is 3. The van der Waals surface area contributed by atoms with Crippen molar-refractivity contribution in [1.82, 2.24) is 20.1 Å². The number of carbonyl (C=O) groups is 1. The van der Waals surface area contributed by atoms with E-state index in [2.05, 4.69) is 29.4 Å². The molecule has 29 heavy (non-hydrogen) atoms. The molecule has 0 spiro atoms. The van der Waals surface area contributed by atoms with E-state index in [0.717, 1.165) is 17.1 Å². The maximum atomic E-state index is 13.4. The van der Waals surface area contributed by atoms with Gasteiger partial charge in [0.1, 0.15) is 11.6 Å². The second-order valence-electron chi connectivity index (χ2n) is 7.26. The minimum Gasteiger partial charge on any atom is -0.353 e. The van der Waals surface area contributed by atoms with E-state index in [1.165, 1.54) is 23.9 Å². The summed E-state index contributed by atoms with van der Waals surface area (Å²) in [4.78, 5) is 12.3. The fourth-order valence-electron chi connectivity index (χ4n) is 2.73. The van der Waals surface area contributed by atoms with E-state index in [1.807, 2.05) is 41.8 Å². The van der Waals surface area contributed by atoms with Crippen LogP contribution in [-0.2, 0) is 11.2 Å². The molecule has 1 N–H and O–H groups in total. The summed E-state index contributed by atoms with van der Waals surface area (Å²) < 4.78 is 15.3. The molecule has 3 aromatic rings. The van der Waals surface area contributed by atoms with Crippen LogP contribution in [-0.4, -0.2) is 32.5 Å². The molecule has 152 valence electrons. The number of rotatable bonds is 8. The van der Waals surface area contributed by atoms with Crippen LogP contribution < -0.4 is 5.32 Å². The minimum absolute atomic E-state index is 0.0468. The molecular formula is C22H25FN4OS. The van der Waals surface area contributed by atoms with Gasteiger partial charge in [0.15, 0.2) is 5.16 Å². The third-order valence-corrected chi connectivity index (χ3v) is 5.64. The van der Waals surface area contributed by atoms with Crippen molar-refractivity contribution in [3.8, 4) is 5.69 Å². The van der Waals surface area contributed by atoms with E-state index in [4.69, 9.17) is 0 Å². The third-order valence-electron chi connectivity index (χ3n) is 4.71. The first kappa shape index (κ1) is 21.0. The standard InChI is InChI=1S/C22H25FN4OS/c1-15(2)16(3)24-21(28)14-29-22-26-25-20(13-17-7-5-4-6-8-17)27(22)19-11-9-18(23)10-12-19/h4-12,15-16H,13-14H2,1-3H3,(H,24,28)/t16-/m0/s1. The van der Waals surface area contributed by atoms with Crippen LogP contribution in [0.25, 0.3) is 5.69 Å². The van der Waals surface area contributed by atoms with E-state index in [0.29, 0.717) is 17.5 Å². The molecule has 7 heteroatoms. The first-order chi connectivity index (χ1) is 13.9. The monoisotopic (exact) mass is 412 g/mol. The highest BCUT2D eigenvalue weighted by atomic mass is 32.2. The first-order valence-electron chi connectivity index (χ1n) is 9.60. The Hall–Kier alpha value is -2.67. The Morgan fingerprint density at radius 2 is 1.76 bits per heavy atom. The Labute approximate surface area is 174 Å². The summed E-state index contributed by atoms with van der Waals surface area (Å²) in [6, 6.07) is 16.3. The van der Waals surface area contributed by atoms with Gasteiger partial charge in [0.2, 0.25) is 5.91 Å². The molecule has 1 amide bonds. The van der Waals surface area contributed by atoms with Crippen LogP contribution in [0.3, 0.4) is 0 Å². The zero-order chi connectivity index (χ0) is 20.8. The summed E-state index contributed by atoms with van der Waals surface area (Å²) in [5, 5.41) is 12.2. The molecule has 1 aromatic heterocycles. The molecule has 0 radical (unpaired) electrons. The van der Waals surface area contributed by atoms with Crippen molar-refractivity contribution >= 4 is 17.7 Å². The zero-order valence-electron chi connectivity index (χ0n) is 16.8. The van der Waals surface area contributed by atoms with Gasteiger partial charge in [0, 0.05) is 18.2 Å². The Balaban J connectivity index is 1.83. The van der Waals surface area contributed by atoms with Gasteiger partial charge in [0.05, 0.1) is 5.75 Å². The quantitative estimate of drug-likeness (QED) is 0.562. The van der Waals surface area contributed by atoms with Gasteiger partial charge in [-0.05, 0) is 42.7 Å². The Bertz CT molecular complexity index is 941. The number of halogens is 1. The second-order valence-corrected chi connectivity index (χ2v) is 8.20. The van der Waals surface area contributed by atoms with E-state index in [-0.39, 0.29) is 23.5 Å². The molecule has 0 saturated carbocycles. The molecule has 0 unspecified atom stereocenters. The van der Waals surface area contributed by atoms with Crippen molar-refractivity contribution in [2.45, 2.75) is 38.4 Å². The Morgan fingerprint density at radius 1 is 1.07 bits per heavy atom. The molecule has 5 nitrogen and oxygen atoms in total. The molecule has 0 saturated heterocycles. The summed E-state index contributed by atoms with van der Waals surface area (Å²) in [6.45, 7) is 6.13. The molecule has 0 aliphatic rings. The summed E-state index contributed by atoms with van der Waals surface area (Å²) in [6.07, 6.45) is 0.586. The van der Waals surface area contributed by atoms with E-state index in [1.54, 1.807) is 12.1 Å². The van der Waals surface area contributed by atoms with Crippen LogP contribution in [0.4, 0.5) is 4.39 Å². The largest absolute Gasteiger partial charge is 0.353 e. The van der Waals surface area contributed by atoms with Gasteiger partial charge in [-0.25, -0.2) is 4.39 Å². The molecule has 0 aliphatic heterocycles. The fraction of sp³-hybridized carbons (Fsp3) is 0.318. The van der Waals surface area contributed by atoms with Gasteiger partial charge in [-0.3, -0.25) is 9.36 Å². The number of hydrogen-bond donors (Lipinski definition) is 1. The van der Waals surface area contributed by atoms with Gasteiger partial charge in [-0.2, -0.15) is 0 Å². The molecular weight excluding hydrogens is 387 g/mol. The van der Waals surface area contributed by atoms with E-state index < -0.39 is 0 Å². The number of thioether (sulfide) groups is 1. The van der Waals surface area contributed by atoms with Crippen LogP contribution >= 0.6 is 11.8 Å². The van der Waals surface area contributed by atoms with E-state index in [9.17, 15) is 9.18 Å². The van der Waals surface area contributed by atoms with Gasteiger partial charge in [-0.15, -0.1) is 10.2 Å². The van der Waals surface area contributed by atoms with Crippen molar-refractivity contribution in [2.24, 2.45) is 5.92 Å². The molecule has 2 aromatic carbocycles. The summed E-state index contributed by atoms with van der Waals surface area (Å²) in [5.41, 5.74) is 1.86. The van der Waals surface area contributed by atoms with Crippen molar-refractivity contribution in [3.05, 3.63) is 71.8 Å². The lowest BCUT2D eigenvalue weighted by atomic mass is 10.1. The molecule has 0 bridgehead atoms. The van der Waals surface area contributed by atoms with Crippen molar-refractivity contribution in [3.63, 3.8) is 0 Å². The fourth-order valence-corrected chi connectivity index (χ4v) is 3.51. The number of nitrogens with zero attached hydrogens (tertiary/aromatic N) is 3. The average Bonchev–Trinajstić information content (AvgIpc) is 3.10. The Morgan fingerprint density at radius 3 is 2.41 bits per heavy atom. The predicted molar refractivity (Wildman–Crippen MR) is 114 cm³/mol. The third kappa shape index (κ3) is 5.67. The van der Waals surface area contributed by atoms with Crippen LogP contribution in [0, 0.1) is 11.7 Å². The van der Waals surface area contributed by atoms with Gasteiger partial charge < -0.3 is 5.32 Å². The zero-order valence-corrected chi connectivity index (χ0v) is 17.6. The highest BCUT2D eigenvalue weighted by Gasteiger charge is 2.17. The highest BCUT2D eigenvalue weighted by molar-refractivity contribution is 7.99. The van der Waals surface area contributed by atoms with E-state index >= 15 is 0 Å². The van der Waals surface area contributed by atoms with Gasteiger partial charge >= 0.3 is 0 Å². The highest BCUT2D eigenvalue weighted by Crippen LogP contribution is 2.24. The number of benzene rings is 2. The van der Waals surface area contributed by atoms with Crippen molar-refractivity contribution in [2.75, 3.05) is 5.75 Å². The smallest absolute Gasteiger partial charge is 0.230 e. The first-order valence-corrected chi connectivity index (χ1v) is 10.6. The lowest BCUT2D eigenvalue weighted by Crippen LogP contribution is -2.37. The lowest BCUT2D eigenvalue weighted by Gasteiger charge is -2.17. The molecule has 1 heterocycles. The topological polar surface area (TPSA) is 59.8 Å². The summed E-state index contributed by atoms with van der Waals surface area (Å²) in [5.74, 6) is 0.990. The van der Waals surface area contributed by atoms with Crippen molar-refractivity contribution < 1.29 is 9.18 Å². The normalized spacial score (nSPS) is 12.2. The molecule has 3 rings (SSSR count). The maximum Gasteiger partial charge on any atom is 0.230 e. The number of nitrogens with one attached hydrogen (secondary N) is 1. The summed E-state index contributed by atoms with van der Waals surface area (Å²) >= 11 is 1.32. The summed E-state index contributed by atoms with van der Waals surface area (Å²) in [7, 11) is 0. The van der Waals surface area contributed by atoms with Gasteiger partial charge in [-0.1, -0.05) is 55.9 Å². The minimum atomic E-state index is -0.303. The lowest BCUT2D eigenvalue weighted by molar-refractivity contribution is -0.119. The van der Waals surface area contributed by atoms with Crippen LogP contribution in [0.2, 0.25) is 0 Å². The van der Waals surface area contributed by atoms with Crippen LogP contribution in [0.5, 0.6) is 0 Å². The maximum absolute atomic E-state index is 13.4. The SMILES string of the molecule is CC(C)[C@H](C)NC(=O)CSc1nnc(Cc2ccccc2)n1-c1ccc(F)cc1. The molecule has 0 fully saturated rings. The molecule has 0 aliphatic carbocycles. The second kappa shape index (κ2) is 9.69. The predicted octanol–water partition coefficient (Wildman–Crippen LogP) is 4.25.